The molecule has 0 saturated heterocycles. The van der Waals surface area contributed by atoms with E-state index in [1.54, 1.807) is 0 Å². The van der Waals surface area contributed by atoms with Gasteiger partial charge in [0.05, 0.1) is 0 Å². The molecule has 0 aromatic heterocycles. The molecule has 13 heavy (non-hydrogen) atoms. The first-order valence-electron chi connectivity index (χ1n) is 4.26. The molecule has 0 saturated carbocycles. The monoisotopic (exact) mass is 261 g/mol. The Hall–Kier alpha value is -0.0500. The number of rotatable bonds is 0. The van der Waals surface area contributed by atoms with Gasteiger partial charge in [0.1, 0.15) is 0 Å². The number of hydrogen-bond donors (Lipinski definition) is 1. The lowest BCUT2D eigenvalue weighted by molar-refractivity contribution is 0.640. The lowest BCUT2D eigenvalue weighted by Crippen LogP contribution is -2.24. The predicted octanol–water partition coefficient (Wildman–Crippen LogP) is 2.83. The third-order valence-electron chi connectivity index (χ3n) is 2.40. The average molecular weight is 263 g/mol. The van der Waals surface area contributed by atoms with Crippen LogP contribution in [0.5, 0.6) is 0 Å². The summed E-state index contributed by atoms with van der Waals surface area (Å²) in [4.78, 5) is 0. The molecule has 2 rings (SSSR count). The number of halogens is 2. The van der Waals surface area contributed by atoms with E-state index < -0.39 is 0 Å². The molecule has 3 heteroatoms. The summed E-state index contributed by atoms with van der Waals surface area (Å²) in [5.41, 5.74) is 4.41. The van der Waals surface area contributed by atoms with Gasteiger partial charge in [0.25, 0.3) is 0 Å². The summed E-state index contributed by atoms with van der Waals surface area (Å²) >= 11 is 3.51. The molecule has 0 fully saturated rings. The van der Waals surface area contributed by atoms with Gasteiger partial charge in [-0.25, -0.2) is 0 Å². The van der Waals surface area contributed by atoms with Crippen LogP contribution in [0.15, 0.2) is 16.6 Å². The highest BCUT2D eigenvalue weighted by Crippen LogP contribution is 2.23. The van der Waals surface area contributed by atoms with E-state index >= 15 is 0 Å². The Kier molecular flexibility index (Phi) is 3.77. The van der Waals surface area contributed by atoms with Gasteiger partial charge in [-0.1, -0.05) is 15.9 Å². The summed E-state index contributed by atoms with van der Waals surface area (Å²) in [5, 5.41) is 3.37. The Balaban J connectivity index is 0.000000845. The van der Waals surface area contributed by atoms with Crippen LogP contribution in [0.2, 0.25) is 0 Å². The van der Waals surface area contributed by atoms with Gasteiger partial charge in [-0.2, -0.15) is 0 Å². The quantitative estimate of drug-likeness (QED) is 0.758. The molecule has 1 nitrogen and oxygen atoms in total. The molecule has 0 amide bonds. The second-order valence-electron chi connectivity index (χ2n) is 3.29. The Morgan fingerprint density at radius 3 is 2.92 bits per heavy atom. The van der Waals surface area contributed by atoms with Crippen LogP contribution in [-0.2, 0) is 13.0 Å². The molecule has 1 heterocycles. The Morgan fingerprint density at radius 2 is 2.15 bits per heavy atom. The van der Waals surface area contributed by atoms with Crippen LogP contribution in [0.3, 0.4) is 0 Å². The zero-order valence-electron chi connectivity index (χ0n) is 7.56. The smallest absolute Gasteiger partial charge is 0.0208 e. The van der Waals surface area contributed by atoms with E-state index in [4.69, 9.17) is 0 Å². The molecule has 1 aliphatic heterocycles. The Labute approximate surface area is 93.5 Å². The molecular weight excluding hydrogens is 249 g/mol. The number of fused-ring (bicyclic) bond motifs is 1. The maximum Gasteiger partial charge on any atom is 0.0208 e. The summed E-state index contributed by atoms with van der Waals surface area (Å²) in [5.74, 6) is 0. The van der Waals surface area contributed by atoms with E-state index in [0.717, 1.165) is 13.1 Å². The number of aryl methyl sites for hydroxylation is 1. The number of hydrogen-bond acceptors (Lipinski definition) is 1. The molecule has 0 aliphatic carbocycles. The first kappa shape index (κ1) is 11.0. The van der Waals surface area contributed by atoms with Gasteiger partial charge in [-0.3, -0.25) is 0 Å². The van der Waals surface area contributed by atoms with Gasteiger partial charge in [0.2, 0.25) is 0 Å². The van der Waals surface area contributed by atoms with Crippen molar-refractivity contribution in [3.8, 4) is 0 Å². The van der Waals surface area contributed by atoms with Crippen LogP contribution < -0.4 is 5.32 Å². The number of benzene rings is 1. The van der Waals surface area contributed by atoms with E-state index in [0.29, 0.717) is 0 Å². The van der Waals surface area contributed by atoms with Crippen LogP contribution >= 0.6 is 28.3 Å². The van der Waals surface area contributed by atoms with Crippen LogP contribution in [0.25, 0.3) is 0 Å². The van der Waals surface area contributed by atoms with Crippen LogP contribution in [-0.4, -0.2) is 6.54 Å². The molecule has 0 atom stereocenters. The standard InChI is InChI=1S/C10H12BrN.ClH/c1-7-4-9(11)5-8-6-12-3-2-10(7)8;/h4-5,12H,2-3,6H2,1H3;1H. The Bertz CT molecular complexity index is 312. The van der Waals surface area contributed by atoms with Crippen LogP contribution in [0.4, 0.5) is 0 Å². The van der Waals surface area contributed by atoms with E-state index in [9.17, 15) is 0 Å². The molecule has 0 spiro atoms. The molecule has 0 bridgehead atoms. The summed E-state index contributed by atoms with van der Waals surface area (Å²) in [7, 11) is 0. The predicted molar refractivity (Wildman–Crippen MR) is 61.5 cm³/mol. The fourth-order valence-electron chi connectivity index (χ4n) is 1.79. The van der Waals surface area contributed by atoms with Crippen molar-refractivity contribution in [3.63, 3.8) is 0 Å². The second kappa shape index (κ2) is 4.45. The van der Waals surface area contributed by atoms with Crippen molar-refractivity contribution in [1.29, 1.82) is 0 Å². The molecular formula is C10H13BrClN. The van der Waals surface area contributed by atoms with Crippen LogP contribution in [0, 0.1) is 6.92 Å². The first-order chi connectivity index (χ1) is 5.77. The van der Waals surface area contributed by atoms with Crippen molar-refractivity contribution < 1.29 is 0 Å². The SMILES string of the molecule is Cc1cc(Br)cc2c1CCNC2.Cl. The molecule has 1 N–H and O–H groups in total. The first-order valence-corrected chi connectivity index (χ1v) is 5.05. The molecule has 72 valence electrons. The summed E-state index contributed by atoms with van der Waals surface area (Å²) in [6, 6.07) is 4.42. The normalized spacial score (nSPS) is 14.6. The van der Waals surface area contributed by atoms with Crippen molar-refractivity contribution in [2.45, 2.75) is 19.9 Å². The lowest BCUT2D eigenvalue weighted by atomic mass is 9.96. The third-order valence-corrected chi connectivity index (χ3v) is 2.86. The fraction of sp³-hybridized carbons (Fsp3) is 0.400. The third kappa shape index (κ3) is 2.25. The van der Waals surface area contributed by atoms with Gasteiger partial charge in [-0.15, -0.1) is 12.4 Å². The van der Waals surface area contributed by atoms with Gasteiger partial charge < -0.3 is 5.32 Å². The Morgan fingerprint density at radius 1 is 1.38 bits per heavy atom. The van der Waals surface area contributed by atoms with Crippen LogP contribution in [0.1, 0.15) is 16.7 Å². The number of nitrogens with one attached hydrogen (secondary N) is 1. The van der Waals surface area contributed by atoms with Crippen molar-refractivity contribution in [1.82, 2.24) is 5.32 Å². The van der Waals surface area contributed by atoms with Crippen molar-refractivity contribution in [2.24, 2.45) is 0 Å². The minimum Gasteiger partial charge on any atom is -0.312 e. The van der Waals surface area contributed by atoms with Gasteiger partial charge in [0.15, 0.2) is 0 Å². The summed E-state index contributed by atoms with van der Waals surface area (Å²) in [6.07, 6.45) is 1.18. The van der Waals surface area contributed by atoms with Gasteiger partial charge >= 0.3 is 0 Å². The lowest BCUT2D eigenvalue weighted by Gasteiger charge is -2.19. The maximum atomic E-state index is 3.51. The topological polar surface area (TPSA) is 12.0 Å². The minimum atomic E-state index is 0. The largest absolute Gasteiger partial charge is 0.312 e. The van der Waals surface area contributed by atoms with Crippen molar-refractivity contribution in [2.75, 3.05) is 6.54 Å². The molecule has 0 radical (unpaired) electrons. The van der Waals surface area contributed by atoms with Gasteiger partial charge in [0, 0.05) is 11.0 Å². The van der Waals surface area contributed by atoms with E-state index in [-0.39, 0.29) is 12.4 Å². The summed E-state index contributed by atoms with van der Waals surface area (Å²) in [6.45, 7) is 4.33. The van der Waals surface area contributed by atoms with Crippen molar-refractivity contribution >= 4 is 28.3 Å². The highest BCUT2D eigenvalue weighted by Gasteiger charge is 2.10. The summed E-state index contributed by atoms with van der Waals surface area (Å²) < 4.78 is 1.20. The highest BCUT2D eigenvalue weighted by atomic mass is 79.9. The van der Waals surface area contributed by atoms with E-state index in [1.165, 1.54) is 27.6 Å². The van der Waals surface area contributed by atoms with Gasteiger partial charge in [-0.05, 0) is 48.7 Å². The molecule has 0 unspecified atom stereocenters. The zero-order chi connectivity index (χ0) is 8.55. The average Bonchev–Trinajstić information content (AvgIpc) is 2.04. The molecule has 1 aromatic rings. The highest BCUT2D eigenvalue weighted by molar-refractivity contribution is 9.10. The van der Waals surface area contributed by atoms with E-state index in [2.05, 4.69) is 40.3 Å². The molecule has 1 aromatic carbocycles. The zero-order valence-corrected chi connectivity index (χ0v) is 9.96. The van der Waals surface area contributed by atoms with E-state index in [1.807, 2.05) is 0 Å². The van der Waals surface area contributed by atoms with Crippen molar-refractivity contribution in [3.05, 3.63) is 33.3 Å². The minimum absolute atomic E-state index is 0. The fourth-order valence-corrected chi connectivity index (χ4v) is 2.41. The molecule has 1 aliphatic rings. The maximum absolute atomic E-state index is 3.51. The second-order valence-corrected chi connectivity index (χ2v) is 4.20.